The van der Waals surface area contributed by atoms with E-state index in [4.69, 9.17) is 66.3 Å². The lowest BCUT2D eigenvalue weighted by Gasteiger charge is -2.50. The van der Waals surface area contributed by atoms with Gasteiger partial charge in [0.15, 0.2) is 44.0 Å². The maximum Gasteiger partial charge on any atom is 0.315 e. The molecule has 18 bridgehead atoms. The van der Waals surface area contributed by atoms with E-state index < -0.39 is 279 Å². The van der Waals surface area contributed by atoms with Gasteiger partial charge in [0.2, 0.25) is 5.91 Å². The van der Waals surface area contributed by atoms with Crippen molar-refractivity contribution >= 4 is 11.9 Å². The van der Waals surface area contributed by atoms with E-state index in [2.05, 4.69) is 16.0 Å². The molecule has 38 heteroatoms. The first-order valence-electron chi connectivity index (χ1n) is 30.1. The number of rotatable bonds is 5. The van der Waals surface area contributed by atoms with E-state index in [0.29, 0.717) is 5.56 Å². The van der Waals surface area contributed by atoms with Gasteiger partial charge in [-0.05, 0) is 24.0 Å². The first-order chi connectivity index (χ1) is 44.0. The lowest BCUT2D eigenvalue weighted by molar-refractivity contribution is -0.396. The van der Waals surface area contributed by atoms with Crippen molar-refractivity contribution in [1.82, 2.24) is 16.0 Å². The van der Waals surface area contributed by atoms with Gasteiger partial charge < -0.3 is 179 Å². The largest absolute Gasteiger partial charge is 0.394 e. The predicted molar refractivity (Wildman–Crippen MR) is 287 cm³/mol. The maximum absolute atomic E-state index is 13.5. The van der Waals surface area contributed by atoms with Gasteiger partial charge in [0, 0.05) is 26.1 Å². The van der Waals surface area contributed by atoms with Crippen molar-refractivity contribution < 1.29 is 173 Å². The number of carbonyl (C=O) groups is 2. The van der Waals surface area contributed by atoms with Crippen LogP contribution in [0, 0.1) is 0 Å². The molecular weight excluding hydrogens is 1250 g/mol. The van der Waals surface area contributed by atoms with Gasteiger partial charge >= 0.3 is 6.03 Å². The predicted octanol–water partition coefficient (Wildman–Crippen LogP) is -13.3. The second-order valence-electron chi connectivity index (χ2n) is 23.8. The van der Waals surface area contributed by atoms with Crippen LogP contribution in [0.3, 0.4) is 0 Å². The van der Waals surface area contributed by atoms with Crippen molar-refractivity contribution in [2.75, 3.05) is 46.1 Å². The quantitative estimate of drug-likeness (QED) is 0.130. The van der Waals surface area contributed by atoms with Crippen LogP contribution in [0.1, 0.15) is 24.0 Å². The van der Waals surface area contributed by atoms with E-state index in [-0.39, 0.29) is 19.5 Å². The smallest absolute Gasteiger partial charge is 0.315 e. The molecule has 0 radical (unpaired) electrons. The molecule has 0 aromatic heterocycles. The highest BCUT2D eigenvalue weighted by Gasteiger charge is 2.60. The van der Waals surface area contributed by atoms with Crippen LogP contribution in [0.25, 0.3) is 0 Å². The van der Waals surface area contributed by atoms with Crippen LogP contribution in [-0.2, 0) is 84.1 Å². The molecular formula is C54H83N3O35. The normalized spacial score (nSPS) is 49.7. The Balaban J connectivity index is 1.02. The summed E-state index contributed by atoms with van der Waals surface area (Å²) in [6.07, 6.45) is -71.8. The van der Waals surface area contributed by atoms with Gasteiger partial charge in [-0.15, -0.1) is 0 Å². The number of fused-ring (bicyclic) bond motifs is 6. The summed E-state index contributed by atoms with van der Waals surface area (Å²) in [6, 6.07) is 5.91. The summed E-state index contributed by atoms with van der Waals surface area (Å²) in [6.45, 7) is -6.03. The average Bonchev–Trinajstić information content (AvgIpc) is 0.807. The number of amides is 3. The van der Waals surface area contributed by atoms with Gasteiger partial charge in [-0.3, -0.25) is 4.79 Å². The molecule has 524 valence electrons. The number of urea groups is 1. The molecule has 19 aliphatic heterocycles. The number of aliphatic hydroxyl groups is 19. The van der Waals surface area contributed by atoms with Crippen molar-refractivity contribution in [2.45, 2.75) is 241 Å². The SMILES string of the molecule is O=C1CCC2OC3OC4C(CO)OC(OC5C(CO)OC(OC6C(CO)OC(OC7C(CNC(=O)NCc8ccc(cc8)CCN1)OC(OC1C(CO)OC(OC8C(CO)OC(OC2C(O)C3O)C(O)C8O)C(O)C1O)C(O)C7O)C(O)C6O)C(O)C5O)C(O)C4O. The molecule has 15 saturated heterocycles. The zero-order chi connectivity index (χ0) is 66.1. The molecule has 35 atom stereocenters. The molecule has 35 unspecified atom stereocenters. The Hall–Kier alpha value is -3.36. The van der Waals surface area contributed by atoms with Crippen LogP contribution in [0.2, 0.25) is 0 Å². The molecule has 92 heavy (non-hydrogen) atoms. The third-order valence-electron chi connectivity index (χ3n) is 17.8. The standard InChI is InChI=1S/C54H83N3O35/c58-11-20-42-30(68)37(75)51(83-20)92-46-24(15-62)85-53(39(77)32(46)70)91-45-23(14-61)82-50(36(74)29(45)67)87-41-19-10-57-54(78)56-9-17-3-1-16(2-4-17)7-8-55-25(63)6-5-18-40(26(64)33(71)47(79-18)88-42)86-49-35(73)28(66)44(22(13-60)81-49)90-52-38(76)31(69)43(21(12-59)84-52)89-48(80-19)34(72)27(41)65/h1-4,18-24,26-53,58-62,64-77H,5-15H2,(H,55,63)(H2,56,57,78). The number of nitrogens with one attached hydrogen (secondary N) is 3. The van der Waals surface area contributed by atoms with E-state index in [1.807, 2.05) is 0 Å². The zero-order valence-corrected chi connectivity index (χ0v) is 48.8. The summed E-state index contributed by atoms with van der Waals surface area (Å²) in [5.74, 6) is -0.595. The van der Waals surface area contributed by atoms with Crippen molar-refractivity contribution in [3.05, 3.63) is 35.4 Å². The van der Waals surface area contributed by atoms with Gasteiger partial charge in [-0.25, -0.2) is 4.79 Å². The first-order valence-corrected chi connectivity index (χ1v) is 30.1. The average molecular weight is 1330 g/mol. The Kier molecular flexibility index (Phi) is 24.1. The van der Waals surface area contributed by atoms with Crippen LogP contribution < -0.4 is 16.0 Å². The molecule has 20 rings (SSSR count). The molecule has 3 amide bonds. The first kappa shape index (κ1) is 71.4. The number of carbonyl (C=O) groups excluding carboxylic acids is 2. The number of benzene rings is 1. The lowest BCUT2D eigenvalue weighted by atomic mass is 9.93. The topological polar surface area (TPSA) is 584 Å². The van der Waals surface area contributed by atoms with Crippen LogP contribution in [0.4, 0.5) is 4.79 Å². The van der Waals surface area contributed by atoms with Crippen LogP contribution >= 0.6 is 0 Å². The molecule has 19 aliphatic rings. The van der Waals surface area contributed by atoms with Gasteiger partial charge in [0.1, 0.15) is 165 Å². The highest BCUT2D eigenvalue weighted by molar-refractivity contribution is 5.76. The summed E-state index contributed by atoms with van der Waals surface area (Å²) in [5.41, 5.74) is 1.30. The Bertz CT molecular complexity index is 2520. The lowest BCUT2D eigenvalue weighted by Crippen LogP contribution is -2.68. The monoisotopic (exact) mass is 1330 g/mol. The fourth-order valence-corrected chi connectivity index (χ4v) is 12.5. The molecule has 19 heterocycles. The fourth-order valence-electron chi connectivity index (χ4n) is 12.5. The Labute approximate surface area is 522 Å². The highest BCUT2D eigenvalue weighted by atomic mass is 16.8. The van der Waals surface area contributed by atoms with E-state index >= 15 is 0 Å². The molecule has 0 spiro atoms. The molecule has 15 fully saturated rings. The van der Waals surface area contributed by atoms with E-state index in [1.165, 1.54) is 0 Å². The molecule has 1 aromatic carbocycles. The zero-order valence-electron chi connectivity index (χ0n) is 48.8. The second-order valence-corrected chi connectivity index (χ2v) is 23.8. The molecule has 1 aromatic rings. The summed E-state index contributed by atoms with van der Waals surface area (Å²) in [7, 11) is 0. The minimum atomic E-state index is -2.26. The molecule has 0 saturated carbocycles. The van der Waals surface area contributed by atoms with Gasteiger partial charge in [0.05, 0.1) is 39.1 Å². The van der Waals surface area contributed by atoms with Crippen molar-refractivity contribution in [2.24, 2.45) is 0 Å². The van der Waals surface area contributed by atoms with E-state index in [1.54, 1.807) is 24.3 Å². The van der Waals surface area contributed by atoms with Crippen LogP contribution in [-0.4, -0.2) is 370 Å². The number of hydrogen-bond donors (Lipinski definition) is 22. The summed E-state index contributed by atoms with van der Waals surface area (Å²) in [4.78, 5) is 27.0. The number of aliphatic hydroxyl groups excluding tert-OH is 19. The van der Waals surface area contributed by atoms with Gasteiger partial charge in [-0.2, -0.15) is 0 Å². The van der Waals surface area contributed by atoms with Crippen molar-refractivity contribution in [3.8, 4) is 0 Å². The maximum atomic E-state index is 13.5. The fraction of sp³-hybridized carbons (Fsp3) is 0.852. The summed E-state index contributed by atoms with van der Waals surface area (Å²) in [5, 5.41) is 224. The van der Waals surface area contributed by atoms with Gasteiger partial charge in [0.25, 0.3) is 0 Å². The Morgan fingerprint density at radius 1 is 0.315 bits per heavy atom. The van der Waals surface area contributed by atoms with E-state index in [0.717, 1.165) is 5.56 Å². The van der Waals surface area contributed by atoms with Crippen molar-refractivity contribution in [3.63, 3.8) is 0 Å². The molecule has 0 aliphatic carbocycles. The third kappa shape index (κ3) is 15.0. The van der Waals surface area contributed by atoms with E-state index in [9.17, 15) is 107 Å². The van der Waals surface area contributed by atoms with Crippen LogP contribution in [0.5, 0.6) is 0 Å². The summed E-state index contributed by atoms with van der Waals surface area (Å²) < 4.78 is 82.6. The van der Waals surface area contributed by atoms with Gasteiger partial charge in [-0.1, -0.05) is 24.3 Å². The second kappa shape index (κ2) is 31.0. The Morgan fingerprint density at radius 2 is 0.598 bits per heavy atom. The summed E-state index contributed by atoms with van der Waals surface area (Å²) >= 11 is 0. The third-order valence-corrected chi connectivity index (χ3v) is 17.8. The highest BCUT2D eigenvalue weighted by Crippen LogP contribution is 2.39. The molecule has 22 N–H and O–H groups in total. The van der Waals surface area contributed by atoms with Crippen molar-refractivity contribution in [1.29, 1.82) is 0 Å². The number of ether oxygens (including phenoxy) is 14. The molecule has 38 nitrogen and oxygen atoms in total. The Morgan fingerprint density at radius 3 is 0.935 bits per heavy atom. The minimum absolute atomic E-state index is 0.0604. The van der Waals surface area contributed by atoms with Crippen LogP contribution in [0.15, 0.2) is 24.3 Å². The number of hydrogen-bond acceptors (Lipinski definition) is 35. The minimum Gasteiger partial charge on any atom is -0.394 e.